The lowest BCUT2D eigenvalue weighted by Gasteiger charge is -2.20. The minimum atomic E-state index is -1.19. The van der Waals surface area contributed by atoms with Crippen LogP contribution in [-0.2, 0) is 14.3 Å². The Morgan fingerprint density at radius 1 is 1.29 bits per heavy atom. The third-order valence-electron chi connectivity index (χ3n) is 2.35. The third kappa shape index (κ3) is 8.25. The molecule has 0 aromatic heterocycles. The van der Waals surface area contributed by atoms with Crippen LogP contribution in [0.5, 0.6) is 0 Å². The average Bonchev–Trinajstić information content (AvgIpc) is 2.31. The highest BCUT2D eigenvalue weighted by Crippen LogP contribution is 2.20. The highest BCUT2D eigenvalue weighted by atomic mass is 16.5. The second-order valence-electron chi connectivity index (χ2n) is 3.97. The molecule has 0 aromatic rings. The van der Waals surface area contributed by atoms with Gasteiger partial charge in [-0.15, -0.1) is 0 Å². The summed E-state index contributed by atoms with van der Waals surface area (Å²) < 4.78 is 5.08. The first-order valence-electron chi connectivity index (χ1n) is 5.67. The Morgan fingerprint density at radius 2 is 1.76 bits per heavy atom. The molecule has 0 N–H and O–H groups in total. The van der Waals surface area contributed by atoms with E-state index in [1.165, 1.54) is 32.3 Å². The molecule has 4 nitrogen and oxygen atoms in total. The fourth-order valence-electron chi connectivity index (χ4n) is 1.40. The monoisotopic (exact) mass is 239 g/mol. The molecule has 0 bridgehead atoms. The Bertz CT molecular complexity index is 276. The highest BCUT2D eigenvalue weighted by molar-refractivity contribution is 5.82. The number of carboxylic acids is 1. The summed E-state index contributed by atoms with van der Waals surface area (Å²) in [5, 5.41) is 9.49. The van der Waals surface area contributed by atoms with E-state index in [2.05, 4.69) is 13.2 Å². The third-order valence-corrected chi connectivity index (χ3v) is 2.35. The van der Waals surface area contributed by atoms with Crippen molar-refractivity contribution < 1.29 is 19.4 Å². The van der Waals surface area contributed by atoms with Crippen LogP contribution in [0, 0.1) is 0 Å². The van der Waals surface area contributed by atoms with Gasteiger partial charge in [0.05, 0.1) is 5.97 Å². The largest absolute Gasteiger partial charge is 0.545 e. The van der Waals surface area contributed by atoms with Crippen LogP contribution in [0.2, 0.25) is 0 Å². The normalized spacial score (nSPS) is 15.1. The van der Waals surface area contributed by atoms with Crippen LogP contribution in [0.4, 0.5) is 0 Å². The Hall–Kier alpha value is -1.58. The molecule has 0 heterocycles. The van der Waals surface area contributed by atoms with Crippen LogP contribution in [0.15, 0.2) is 24.8 Å². The molecule has 0 amide bonds. The molecule has 0 spiro atoms. The molecule has 0 atom stereocenters. The molecule has 1 fully saturated rings. The van der Waals surface area contributed by atoms with E-state index in [1.54, 1.807) is 0 Å². The van der Waals surface area contributed by atoms with Crippen molar-refractivity contribution in [1.82, 2.24) is 0 Å². The zero-order valence-corrected chi connectivity index (χ0v) is 10.2. The predicted octanol–water partition coefficient (Wildman–Crippen LogP) is 1.36. The number of rotatable bonds is 3. The predicted molar refractivity (Wildman–Crippen MR) is 63.0 cm³/mol. The van der Waals surface area contributed by atoms with Crippen molar-refractivity contribution in [2.45, 2.75) is 45.1 Å². The lowest BCUT2D eigenvalue weighted by Crippen LogP contribution is -2.22. The zero-order valence-electron chi connectivity index (χ0n) is 10.2. The molecule has 0 unspecified atom stereocenters. The maximum atomic E-state index is 10.7. The van der Waals surface area contributed by atoms with Gasteiger partial charge in [0, 0.05) is 6.08 Å². The van der Waals surface area contributed by atoms with Crippen LogP contribution >= 0.6 is 0 Å². The van der Waals surface area contributed by atoms with Gasteiger partial charge in [0.2, 0.25) is 0 Å². The van der Waals surface area contributed by atoms with Gasteiger partial charge >= 0.3 is 5.97 Å². The molecule has 96 valence electrons. The Kier molecular flexibility index (Phi) is 7.76. The molecule has 0 aromatic carbocycles. The molecule has 17 heavy (non-hydrogen) atoms. The summed E-state index contributed by atoms with van der Waals surface area (Å²) in [5.74, 6) is -1.47. The van der Waals surface area contributed by atoms with Gasteiger partial charge in [-0.05, 0) is 38.2 Å². The number of ether oxygens (including phenoxy) is 1. The molecule has 1 aliphatic rings. The topological polar surface area (TPSA) is 66.4 Å². The second kappa shape index (κ2) is 8.56. The molecule has 4 heteroatoms. The molecule has 1 aliphatic carbocycles. The van der Waals surface area contributed by atoms with E-state index in [9.17, 15) is 14.7 Å². The van der Waals surface area contributed by atoms with Crippen LogP contribution in [-0.4, -0.2) is 18.0 Å². The first kappa shape index (κ1) is 15.4. The summed E-state index contributed by atoms with van der Waals surface area (Å²) in [4.78, 5) is 20.2. The summed E-state index contributed by atoms with van der Waals surface area (Å²) in [6.45, 7) is 7.83. The fourth-order valence-corrected chi connectivity index (χ4v) is 1.40. The standard InChI is InChI=1S/C9H14O2.C4H6O2/c1-2-9(10)11-8-6-4-3-5-7-8;1-3(2)4(5)6/h2,8H,1,3-7H2;1H2,2H3,(H,5,6)/p-1. The number of esters is 1. The molecule has 0 aliphatic heterocycles. The van der Waals surface area contributed by atoms with E-state index in [0.29, 0.717) is 0 Å². The van der Waals surface area contributed by atoms with Crippen molar-refractivity contribution in [3.8, 4) is 0 Å². The van der Waals surface area contributed by atoms with E-state index in [1.807, 2.05) is 0 Å². The highest BCUT2D eigenvalue weighted by Gasteiger charge is 2.15. The minimum absolute atomic E-state index is 0.0648. The van der Waals surface area contributed by atoms with Crippen molar-refractivity contribution in [1.29, 1.82) is 0 Å². The van der Waals surface area contributed by atoms with Gasteiger partial charge in [0.1, 0.15) is 6.10 Å². The summed E-state index contributed by atoms with van der Waals surface area (Å²) in [6.07, 6.45) is 7.11. The van der Waals surface area contributed by atoms with E-state index in [4.69, 9.17) is 4.74 Å². The van der Waals surface area contributed by atoms with Gasteiger partial charge in [0.15, 0.2) is 0 Å². The van der Waals surface area contributed by atoms with Gasteiger partial charge in [-0.1, -0.05) is 19.6 Å². The van der Waals surface area contributed by atoms with Crippen LogP contribution in [0.3, 0.4) is 0 Å². The van der Waals surface area contributed by atoms with E-state index in [0.717, 1.165) is 12.8 Å². The number of aliphatic carboxylic acids is 1. The number of carbonyl (C=O) groups excluding carboxylic acids is 2. The van der Waals surface area contributed by atoms with Crippen molar-refractivity contribution in [2.24, 2.45) is 0 Å². The first-order chi connectivity index (χ1) is 7.97. The van der Waals surface area contributed by atoms with Crippen LogP contribution in [0.25, 0.3) is 0 Å². The molecular formula is C13H19O4-. The quantitative estimate of drug-likeness (QED) is 0.551. The van der Waals surface area contributed by atoms with Gasteiger partial charge in [0.25, 0.3) is 0 Å². The Labute approximate surface area is 102 Å². The van der Waals surface area contributed by atoms with Crippen molar-refractivity contribution in [3.05, 3.63) is 24.8 Å². The van der Waals surface area contributed by atoms with E-state index >= 15 is 0 Å². The molecule has 1 rings (SSSR count). The molecule has 0 saturated heterocycles. The lowest BCUT2D eigenvalue weighted by molar-refractivity contribution is -0.299. The molecule has 1 saturated carbocycles. The summed E-state index contributed by atoms with van der Waals surface area (Å²) >= 11 is 0. The van der Waals surface area contributed by atoms with Gasteiger partial charge < -0.3 is 14.6 Å². The Balaban J connectivity index is 0.000000366. The smallest absolute Gasteiger partial charge is 0.330 e. The molecular weight excluding hydrogens is 220 g/mol. The van der Waals surface area contributed by atoms with Crippen molar-refractivity contribution >= 4 is 11.9 Å². The van der Waals surface area contributed by atoms with E-state index < -0.39 is 5.97 Å². The van der Waals surface area contributed by atoms with Crippen LogP contribution < -0.4 is 5.11 Å². The van der Waals surface area contributed by atoms with Gasteiger partial charge in [-0.2, -0.15) is 0 Å². The van der Waals surface area contributed by atoms with Gasteiger partial charge in [-0.3, -0.25) is 0 Å². The number of hydrogen-bond donors (Lipinski definition) is 0. The SMILES string of the molecule is C=C(C)C(=O)[O-].C=CC(=O)OC1CCCCC1. The van der Waals surface area contributed by atoms with Crippen molar-refractivity contribution in [2.75, 3.05) is 0 Å². The van der Waals surface area contributed by atoms with E-state index in [-0.39, 0.29) is 17.6 Å². The average molecular weight is 239 g/mol. The second-order valence-corrected chi connectivity index (χ2v) is 3.97. The molecule has 0 radical (unpaired) electrons. The minimum Gasteiger partial charge on any atom is -0.545 e. The summed E-state index contributed by atoms with van der Waals surface area (Å²) in [7, 11) is 0. The number of hydrogen-bond acceptors (Lipinski definition) is 4. The van der Waals surface area contributed by atoms with Gasteiger partial charge in [-0.25, -0.2) is 4.79 Å². The number of carboxylic acid groups (broad SMARTS) is 1. The zero-order chi connectivity index (χ0) is 13.3. The first-order valence-corrected chi connectivity index (χ1v) is 5.67. The number of carbonyl (C=O) groups is 2. The van der Waals surface area contributed by atoms with Crippen LogP contribution in [0.1, 0.15) is 39.0 Å². The van der Waals surface area contributed by atoms with Crippen molar-refractivity contribution in [3.63, 3.8) is 0 Å². The Morgan fingerprint density at radius 3 is 2.12 bits per heavy atom. The maximum Gasteiger partial charge on any atom is 0.330 e. The summed E-state index contributed by atoms with van der Waals surface area (Å²) in [5.41, 5.74) is 0.0648. The lowest BCUT2D eigenvalue weighted by atomic mass is 9.98. The summed E-state index contributed by atoms with van der Waals surface area (Å²) in [6, 6.07) is 0. The fraction of sp³-hybridized carbons (Fsp3) is 0.538. The maximum absolute atomic E-state index is 10.7.